The standard InChI is InChI=1S/C28H30O7/c1-5-16(2)27(32)34-22-14-20-24(31)23-21(30)13-18(15-29)33-26(23)19(25(20)35-28(22,3)4)12-11-17-9-7-6-8-10-17/h5-10,13,22,29,31H,11-12,14-15H2,1-4H3. The number of carbonyl (C=O) groups is 1. The molecule has 0 spiro atoms. The van der Waals surface area contributed by atoms with Gasteiger partial charge in [-0.3, -0.25) is 4.79 Å². The molecule has 0 saturated carbocycles. The number of ether oxygens (including phenoxy) is 2. The van der Waals surface area contributed by atoms with Gasteiger partial charge in [0.25, 0.3) is 0 Å². The molecule has 0 saturated heterocycles. The molecule has 2 heterocycles. The number of benzene rings is 2. The zero-order valence-electron chi connectivity index (χ0n) is 20.4. The lowest BCUT2D eigenvalue weighted by Gasteiger charge is -2.40. The summed E-state index contributed by atoms with van der Waals surface area (Å²) in [7, 11) is 0. The quantitative estimate of drug-likeness (QED) is 0.400. The van der Waals surface area contributed by atoms with E-state index in [0.29, 0.717) is 35.3 Å². The Morgan fingerprint density at radius 3 is 2.60 bits per heavy atom. The van der Waals surface area contributed by atoms with Gasteiger partial charge in [-0.25, -0.2) is 4.79 Å². The summed E-state index contributed by atoms with van der Waals surface area (Å²) < 4.78 is 18.0. The van der Waals surface area contributed by atoms with Crippen LogP contribution in [0.25, 0.3) is 11.0 Å². The van der Waals surface area contributed by atoms with E-state index in [0.717, 1.165) is 5.56 Å². The van der Waals surface area contributed by atoms with Crippen LogP contribution in [0.3, 0.4) is 0 Å². The number of allylic oxidation sites excluding steroid dienone is 1. The fourth-order valence-electron chi connectivity index (χ4n) is 4.34. The van der Waals surface area contributed by atoms with Crippen molar-refractivity contribution in [3.63, 3.8) is 0 Å². The summed E-state index contributed by atoms with van der Waals surface area (Å²) in [5.41, 5.74) is 1.42. The fourth-order valence-corrected chi connectivity index (χ4v) is 4.34. The normalized spacial score (nSPS) is 17.1. The molecule has 1 aliphatic rings. The Morgan fingerprint density at radius 2 is 1.94 bits per heavy atom. The van der Waals surface area contributed by atoms with Crippen molar-refractivity contribution in [2.24, 2.45) is 0 Å². The van der Waals surface area contributed by atoms with Crippen molar-refractivity contribution >= 4 is 16.9 Å². The van der Waals surface area contributed by atoms with Gasteiger partial charge in [0.05, 0.1) is 0 Å². The molecule has 3 aromatic rings. The molecule has 0 radical (unpaired) electrons. The van der Waals surface area contributed by atoms with Crippen LogP contribution in [-0.2, 0) is 35.4 Å². The molecule has 184 valence electrons. The Kier molecular flexibility index (Phi) is 6.72. The third kappa shape index (κ3) is 4.68. The van der Waals surface area contributed by atoms with E-state index in [1.165, 1.54) is 6.07 Å². The maximum absolute atomic E-state index is 12.9. The highest BCUT2D eigenvalue weighted by Gasteiger charge is 2.43. The molecule has 0 amide bonds. The number of aliphatic hydroxyl groups is 1. The van der Waals surface area contributed by atoms with Crippen LogP contribution in [-0.4, -0.2) is 27.9 Å². The Balaban J connectivity index is 1.88. The number of esters is 1. The first-order chi connectivity index (χ1) is 16.7. The van der Waals surface area contributed by atoms with Crippen molar-refractivity contribution in [3.05, 3.63) is 80.7 Å². The van der Waals surface area contributed by atoms with Gasteiger partial charge >= 0.3 is 5.97 Å². The zero-order chi connectivity index (χ0) is 25.3. The number of carbonyl (C=O) groups excluding carboxylic acids is 1. The predicted molar refractivity (Wildman–Crippen MR) is 132 cm³/mol. The van der Waals surface area contributed by atoms with Gasteiger partial charge in [-0.05, 0) is 46.1 Å². The third-order valence-corrected chi connectivity index (χ3v) is 6.54. The summed E-state index contributed by atoms with van der Waals surface area (Å²) in [5, 5.41) is 20.8. The number of aromatic hydroxyl groups is 1. The third-order valence-electron chi connectivity index (χ3n) is 6.54. The molecule has 7 nitrogen and oxygen atoms in total. The lowest BCUT2D eigenvalue weighted by molar-refractivity contribution is -0.156. The molecule has 2 N–H and O–H groups in total. The van der Waals surface area contributed by atoms with Crippen LogP contribution in [0.2, 0.25) is 0 Å². The van der Waals surface area contributed by atoms with E-state index in [2.05, 4.69) is 0 Å². The van der Waals surface area contributed by atoms with Crippen molar-refractivity contribution in [3.8, 4) is 11.5 Å². The maximum Gasteiger partial charge on any atom is 0.333 e. The lowest BCUT2D eigenvalue weighted by atomic mass is 9.86. The molecule has 2 aromatic carbocycles. The molecule has 0 aliphatic carbocycles. The number of hydrogen-bond acceptors (Lipinski definition) is 7. The van der Waals surface area contributed by atoms with Crippen molar-refractivity contribution in [1.82, 2.24) is 0 Å². The van der Waals surface area contributed by atoms with Gasteiger partial charge in [0.15, 0.2) is 5.43 Å². The van der Waals surface area contributed by atoms with E-state index in [9.17, 15) is 19.8 Å². The van der Waals surface area contributed by atoms with E-state index < -0.39 is 29.7 Å². The first-order valence-electron chi connectivity index (χ1n) is 11.7. The number of fused-ring (bicyclic) bond motifs is 2. The number of rotatable bonds is 6. The Morgan fingerprint density at radius 1 is 1.23 bits per heavy atom. The molecule has 1 unspecified atom stereocenters. The number of hydrogen-bond donors (Lipinski definition) is 2. The summed E-state index contributed by atoms with van der Waals surface area (Å²) in [5.74, 6) is -0.193. The molecule has 1 aliphatic heterocycles. The monoisotopic (exact) mass is 478 g/mol. The number of aliphatic hydroxyl groups excluding tert-OH is 1. The molecule has 0 bridgehead atoms. The van der Waals surface area contributed by atoms with Gasteiger partial charge in [-0.2, -0.15) is 0 Å². The van der Waals surface area contributed by atoms with E-state index in [1.807, 2.05) is 44.2 Å². The van der Waals surface area contributed by atoms with Gasteiger partial charge in [0, 0.05) is 29.2 Å². The molecule has 1 atom stereocenters. The second-order valence-corrected chi connectivity index (χ2v) is 9.33. The minimum Gasteiger partial charge on any atom is -0.507 e. The van der Waals surface area contributed by atoms with Gasteiger partial charge in [-0.15, -0.1) is 0 Å². The summed E-state index contributed by atoms with van der Waals surface area (Å²) in [6, 6.07) is 11.0. The van der Waals surface area contributed by atoms with Crippen molar-refractivity contribution in [2.75, 3.05) is 0 Å². The van der Waals surface area contributed by atoms with Crippen molar-refractivity contribution in [2.45, 2.75) is 65.3 Å². The van der Waals surface area contributed by atoms with Crippen LogP contribution in [0.1, 0.15) is 50.1 Å². The van der Waals surface area contributed by atoms with Crippen molar-refractivity contribution in [1.29, 1.82) is 0 Å². The van der Waals surface area contributed by atoms with Gasteiger partial charge in [0.2, 0.25) is 0 Å². The van der Waals surface area contributed by atoms with E-state index in [1.54, 1.807) is 19.9 Å². The Labute approximate surface area is 203 Å². The first kappa shape index (κ1) is 24.5. The highest BCUT2D eigenvalue weighted by atomic mass is 16.6. The molecule has 35 heavy (non-hydrogen) atoms. The van der Waals surface area contributed by atoms with Crippen molar-refractivity contribution < 1.29 is 28.9 Å². The molecular weight excluding hydrogens is 448 g/mol. The minimum atomic E-state index is -0.910. The second kappa shape index (κ2) is 9.58. The number of aryl methyl sites for hydroxylation is 2. The van der Waals surface area contributed by atoms with Crippen LogP contribution < -0.4 is 10.2 Å². The molecule has 1 aromatic heterocycles. The van der Waals surface area contributed by atoms with E-state index >= 15 is 0 Å². The van der Waals surface area contributed by atoms with Gasteiger partial charge < -0.3 is 24.1 Å². The van der Waals surface area contributed by atoms with Crippen LogP contribution in [0, 0.1) is 0 Å². The topological polar surface area (TPSA) is 106 Å². The van der Waals surface area contributed by atoms with Crippen LogP contribution in [0.4, 0.5) is 0 Å². The molecule has 7 heteroatoms. The Hall–Kier alpha value is -3.58. The van der Waals surface area contributed by atoms with Crippen LogP contribution in [0.15, 0.2) is 57.3 Å². The average Bonchev–Trinajstić information content (AvgIpc) is 2.84. The molecule has 0 fully saturated rings. The van der Waals surface area contributed by atoms with Crippen LogP contribution in [0.5, 0.6) is 11.5 Å². The lowest BCUT2D eigenvalue weighted by Crippen LogP contribution is -2.49. The highest BCUT2D eigenvalue weighted by molar-refractivity contribution is 5.91. The fraction of sp³-hybridized carbons (Fsp3) is 0.357. The molecular formula is C28H30O7. The molecule has 4 rings (SSSR count). The summed E-state index contributed by atoms with van der Waals surface area (Å²) in [6.45, 7) is 6.62. The van der Waals surface area contributed by atoms with E-state index in [-0.39, 0.29) is 28.9 Å². The SMILES string of the molecule is CC=C(C)C(=O)OC1Cc2c(c(CCc3ccccc3)c3oc(CO)cc(=O)c3c2O)OC1(C)C. The smallest absolute Gasteiger partial charge is 0.333 e. The summed E-state index contributed by atoms with van der Waals surface area (Å²) in [6.07, 6.45) is 2.27. The highest BCUT2D eigenvalue weighted by Crippen LogP contribution is 2.46. The average molecular weight is 479 g/mol. The largest absolute Gasteiger partial charge is 0.507 e. The zero-order valence-corrected chi connectivity index (χ0v) is 20.4. The number of phenolic OH excluding ortho intramolecular Hbond substituents is 1. The van der Waals surface area contributed by atoms with Gasteiger partial charge in [0.1, 0.15) is 46.5 Å². The minimum absolute atomic E-state index is 0.0297. The van der Waals surface area contributed by atoms with Gasteiger partial charge in [-0.1, -0.05) is 36.4 Å². The second-order valence-electron chi connectivity index (χ2n) is 9.33. The van der Waals surface area contributed by atoms with E-state index in [4.69, 9.17) is 13.9 Å². The summed E-state index contributed by atoms with van der Waals surface area (Å²) >= 11 is 0. The first-order valence-corrected chi connectivity index (χ1v) is 11.7. The summed E-state index contributed by atoms with van der Waals surface area (Å²) in [4.78, 5) is 25.4. The maximum atomic E-state index is 12.9. The number of phenols is 1. The van der Waals surface area contributed by atoms with Crippen LogP contribution >= 0.6 is 0 Å². The predicted octanol–water partition coefficient (Wildman–Crippen LogP) is 4.37. The Bertz CT molecular complexity index is 1350.